The fraction of sp³-hybridized carbons (Fsp3) is 0.977. The van der Waals surface area contributed by atoms with Gasteiger partial charge in [-0.25, -0.2) is 4.57 Å². The molecule has 0 spiro atoms. The van der Waals surface area contributed by atoms with Crippen LogP contribution in [0, 0.1) is 0 Å². The van der Waals surface area contributed by atoms with Gasteiger partial charge in [0.05, 0.1) is 13.2 Å². The van der Waals surface area contributed by atoms with E-state index < -0.39 is 26.5 Å². The number of ether oxygens (including phenoxy) is 2. The Morgan fingerprint density at radius 3 is 0.622 bits per heavy atom. The van der Waals surface area contributed by atoms with Crippen LogP contribution in [0.25, 0.3) is 0 Å². The first-order chi connectivity index (χ1) is 48.3. The molecule has 3 N–H and O–H groups in total. The molecule has 10 heteroatoms. The van der Waals surface area contributed by atoms with Crippen LogP contribution in [-0.4, -0.2) is 49.3 Å². The van der Waals surface area contributed by atoms with Crippen molar-refractivity contribution in [2.75, 3.05) is 26.4 Å². The molecule has 0 aromatic carbocycles. The Bertz CT molecular complexity index is 1570. The largest absolute Gasteiger partial charge is 0.472 e. The number of phosphoric ester groups is 1. The molecule has 0 aromatic rings. The van der Waals surface area contributed by atoms with E-state index in [-0.39, 0.29) is 32.1 Å². The van der Waals surface area contributed by atoms with Crippen LogP contribution in [-0.2, 0) is 32.7 Å². The summed E-state index contributed by atoms with van der Waals surface area (Å²) in [4.78, 5) is 35.5. The molecule has 0 saturated heterocycles. The Morgan fingerprint density at radius 1 is 0.265 bits per heavy atom. The minimum Gasteiger partial charge on any atom is -0.462 e. The van der Waals surface area contributed by atoms with E-state index in [0.29, 0.717) is 12.8 Å². The second kappa shape index (κ2) is 84.9. The number of nitrogens with two attached hydrogens (primary N) is 1. The SMILES string of the molecule is CCCCCCCCCCCCCCCCCCCCCCCCCCCCCCCCCCCCCCCCCCCC(=O)OC(COC(=O)CCCCCCCCCCCCCCCCCCCCCCCCCCCCCCCCCCCCCC)COP(=O)(O)OCCN. The summed E-state index contributed by atoms with van der Waals surface area (Å²) < 4.78 is 33.4. The van der Waals surface area contributed by atoms with E-state index in [1.54, 1.807) is 0 Å². The van der Waals surface area contributed by atoms with Crippen LogP contribution in [0.1, 0.15) is 521 Å². The van der Waals surface area contributed by atoms with Crippen molar-refractivity contribution >= 4 is 19.8 Å². The molecule has 0 amide bonds. The van der Waals surface area contributed by atoms with Gasteiger partial charge in [-0.1, -0.05) is 495 Å². The summed E-state index contributed by atoms with van der Waals surface area (Å²) in [5, 5.41) is 0. The van der Waals surface area contributed by atoms with Crippen LogP contribution in [0.3, 0.4) is 0 Å². The van der Waals surface area contributed by atoms with Gasteiger partial charge in [-0.15, -0.1) is 0 Å². The van der Waals surface area contributed by atoms with E-state index in [2.05, 4.69) is 13.8 Å². The second-order valence-electron chi connectivity index (χ2n) is 31.2. The van der Waals surface area contributed by atoms with Crippen molar-refractivity contribution in [1.82, 2.24) is 0 Å². The number of esters is 2. The van der Waals surface area contributed by atoms with Crippen molar-refractivity contribution in [3.05, 3.63) is 0 Å². The van der Waals surface area contributed by atoms with E-state index in [1.165, 1.54) is 456 Å². The van der Waals surface area contributed by atoms with E-state index in [4.69, 9.17) is 24.3 Å². The van der Waals surface area contributed by atoms with Crippen LogP contribution < -0.4 is 5.73 Å². The van der Waals surface area contributed by atoms with Gasteiger partial charge in [0.15, 0.2) is 6.10 Å². The number of carbonyl (C=O) groups is 2. The third-order valence-corrected chi connectivity index (χ3v) is 22.2. The molecule has 9 nitrogen and oxygen atoms in total. The Morgan fingerprint density at radius 2 is 0.439 bits per heavy atom. The molecule has 0 rings (SSSR count). The van der Waals surface area contributed by atoms with Crippen molar-refractivity contribution in [1.29, 1.82) is 0 Å². The molecule has 0 radical (unpaired) electrons. The average Bonchev–Trinajstić information content (AvgIpc) is 1.36. The highest BCUT2D eigenvalue weighted by Crippen LogP contribution is 2.43. The summed E-state index contributed by atoms with van der Waals surface area (Å²) in [6, 6.07) is 0. The molecule has 0 heterocycles. The summed E-state index contributed by atoms with van der Waals surface area (Å²) in [6.07, 6.45) is 106. The molecular weight excluding hydrogens is 1230 g/mol. The lowest BCUT2D eigenvalue weighted by molar-refractivity contribution is -0.161. The van der Waals surface area contributed by atoms with E-state index >= 15 is 0 Å². The summed E-state index contributed by atoms with van der Waals surface area (Å²) in [5.41, 5.74) is 5.43. The Hall–Kier alpha value is -0.990. The van der Waals surface area contributed by atoms with Crippen LogP contribution in [0.2, 0.25) is 0 Å². The molecule has 2 atom stereocenters. The highest BCUT2D eigenvalue weighted by atomic mass is 31.2. The molecular formula is C88H176NO8P. The van der Waals surface area contributed by atoms with Crippen LogP contribution in [0.15, 0.2) is 0 Å². The smallest absolute Gasteiger partial charge is 0.462 e. The minimum absolute atomic E-state index is 0.0591. The minimum atomic E-state index is -4.39. The average molecular weight is 1410 g/mol. The van der Waals surface area contributed by atoms with Gasteiger partial charge in [-0.2, -0.15) is 0 Å². The molecule has 586 valence electrons. The maximum absolute atomic E-state index is 12.8. The molecule has 2 unspecified atom stereocenters. The highest BCUT2D eigenvalue weighted by Gasteiger charge is 2.26. The van der Waals surface area contributed by atoms with Gasteiger partial charge in [0.25, 0.3) is 0 Å². The molecule has 0 aliphatic carbocycles. The summed E-state index contributed by atoms with van der Waals surface area (Å²) in [7, 11) is -4.39. The van der Waals surface area contributed by atoms with Crippen molar-refractivity contribution in [3.8, 4) is 0 Å². The van der Waals surface area contributed by atoms with Gasteiger partial charge in [0.1, 0.15) is 6.61 Å². The molecule has 0 bridgehead atoms. The lowest BCUT2D eigenvalue weighted by Gasteiger charge is -2.19. The van der Waals surface area contributed by atoms with Gasteiger partial charge in [0.2, 0.25) is 0 Å². The van der Waals surface area contributed by atoms with E-state index in [0.717, 1.165) is 32.1 Å². The molecule has 0 aromatic heterocycles. The van der Waals surface area contributed by atoms with Crippen molar-refractivity contribution in [2.24, 2.45) is 5.73 Å². The summed E-state index contributed by atoms with van der Waals surface area (Å²) in [5.74, 6) is -0.792. The maximum atomic E-state index is 12.8. The molecule has 98 heavy (non-hydrogen) atoms. The molecule has 0 aliphatic heterocycles. The zero-order valence-electron chi connectivity index (χ0n) is 66.6. The number of unbranched alkanes of at least 4 members (excludes halogenated alkanes) is 75. The van der Waals surface area contributed by atoms with Crippen LogP contribution >= 0.6 is 7.82 Å². The van der Waals surface area contributed by atoms with Gasteiger partial charge in [0, 0.05) is 19.4 Å². The van der Waals surface area contributed by atoms with Crippen LogP contribution in [0.4, 0.5) is 0 Å². The standard InChI is InChI=1S/C88H176NO8P/c1-3-5-7-9-11-13-15-17-19-21-23-25-27-29-31-33-35-37-39-41-42-43-44-45-47-49-51-53-55-57-59-61-63-65-67-69-71-73-75-77-79-81-88(91)97-86(85-96-98(92,93)95-83-82-89)84-94-87(90)80-78-76-74-72-70-68-66-64-62-60-58-56-54-52-50-48-46-40-38-36-34-32-30-28-26-24-22-20-18-16-14-12-10-8-6-4-2/h86H,3-85,89H2,1-2H3,(H,92,93). The van der Waals surface area contributed by atoms with E-state index in [1.807, 2.05) is 0 Å². The predicted molar refractivity (Wildman–Crippen MR) is 428 cm³/mol. The monoisotopic (exact) mass is 1410 g/mol. The summed E-state index contributed by atoms with van der Waals surface area (Å²) >= 11 is 0. The second-order valence-corrected chi connectivity index (χ2v) is 32.7. The zero-order chi connectivity index (χ0) is 70.8. The Balaban J connectivity index is 3.67. The first-order valence-electron chi connectivity index (χ1n) is 45.0. The number of hydrogen-bond donors (Lipinski definition) is 2. The van der Waals surface area contributed by atoms with Gasteiger partial charge in [-0.05, 0) is 12.8 Å². The Labute approximate surface area is 613 Å². The third-order valence-electron chi connectivity index (χ3n) is 21.2. The molecule has 0 aliphatic rings. The topological polar surface area (TPSA) is 134 Å². The number of carbonyl (C=O) groups excluding carboxylic acids is 2. The van der Waals surface area contributed by atoms with Crippen molar-refractivity contribution in [3.63, 3.8) is 0 Å². The molecule has 0 saturated carbocycles. The van der Waals surface area contributed by atoms with Gasteiger partial charge < -0.3 is 20.1 Å². The fourth-order valence-corrected chi connectivity index (χ4v) is 15.4. The van der Waals surface area contributed by atoms with Crippen LogP contribution in [0.5, 0.6) is 0 Å². The first-order valence-corrected chi connectivity index (χ1v) is 46.5. The number of hydrogen-bond acceptors (Lipinski definition) is 8. The lowest BCUT2D eigenvalue weighted by atomic mass is 10.0. The first kappa shape index (κ1) is 97.0. The number of phosphoric acid groups is 1. The molecule has 0 fully saturated rings. The third kappa shape index (κ3) is 84.0. The predicted octanol–water partition coefficient (Wildman–Crippen LogP) is 30.4. The number of rotatable bonds is 88. The van der Waals surface area contributed by atoms with Crippen molar-refractivity contribution in [2.45, 2.75) is 527 Å². The highest BCUT2D eigenvalue weighted by molar-refractivity contribution is 7.47. The Kier molecular flexibility index (Phi) is 84.1. The normalized spacial score (nSPS) is 12.7. The van der Waals surface area contributed by atoms with Gasteiger partial charge in [-0.3, -0.25) is 18.6 Å². The fourth-order valence-electron chi connectivity index (χ4n) is 14.6. The summed E-state index contributed by atoms with van der Waals surface area (Å²) in [6.45, 7) is 3.87. The van der Waals surface area contributed by atoms with Gasteiger partial charge >= 0.3 is 19.8 Å². The maximum Gasteiger partial charge on any atom is 0.472 e. The quantitative estimate of drug-likeness (QED) is 0.0347. The zero-order valence-corrected chi connectivity index (χ0v) is 67.5. The van der Waals surface area contributed by atoms with E-state index in [9.17, 15) is 19.0 Å². The van der Waals surface area contributed by atoms with Crippen molar-refractivity contribution < 1.29 is 37.6 Å². The lowest BCUT2D eigenvalue weighted by Crippen LogP contribution is -2.29.